The van der Waals surface area contributed by atoms with Crippen LogP contribution in [0.15, 0.2) is 42.5 Å². The fourth-order valence-electron chi connectivity index (χ4n) is 6.81. The van der Waals surface area contributed by atoms with Crippen molar-refractivity contribution in [2.75, 3.05) is 0 Å². The van der Waals surface area contributed by atoms with Crippen LogP contribution in [0.3, 0.4) is 0 Å². The van der Waals surface area contributed by atoms with Crippen LogP contribution in [0.2, 0.25) is 0 Å². The van der Waals surface area contributed by atoms with E-state index in [1.165, 1.54) is 128 Å². The molecule has 0 saturated heterocycles. The zero-order valence-corrected chi connectivity index (χ0v) is 26.2. The number of halogens is 1. The maximum atomic E-state index is 15.5. The van der Waals surface area contributed by atoms with Crippen LogP contribution in [0.5, 0.6) is 5.75 Å². The standard InChI is InChI=1S/C38H59FO/c1-4-7-9-11-13-16-21-33(19-6-3)38(34-22-17-14-18-23-34)40-35-28-29-36(37(39)30-35)32-26-24-31(25-27-32)20-15-12-10-8-5-2/h24-30,33-34,38H,4-23H2,1-3H3. The Bertz CT molecular complexity index is 914. The van der Waals surface area contributed by atoms with Gasteiger partial charge in [0.2, 0.25) is 0 Å². The van der Waals surface area contributed by atoms with E-state index in [0.717, 1.165) is 12.0 Å². The summed E-state index contributed by atoms with van der Waals surface area (Å²) in [4.78, 5) is 0. The second kappa shape index (κ2) is 19.3. The van der Waals surface area contributed by atoms with Gasteiger partial charge in [0.05, 0.1) is 0 Å². The van der Waals surface area contributed by atoms with Crippen molar-refractivity contribution < 1.29 is 9.13 Å². The summed E-state index contributed by atoms with van der Waals surface area (Å²) in [6.07, 6.45) is 25.9. The first-order valence-electron chi connectivity index (χ1n) is 17.2. The maximum absolute atomic E-state index is 15.5. The molecule has 2 unspecified atom stereocenters. The molecule has 1 saturated carbocycles. The van der Waals surface area contributed by atoms with Crippen LogP contribution in [-0.4, -0.2) is 6.10 Å². The van der Waals surface area contributed by atoms with Gasteiger partial charge in [-0.2, -0.15) is 0 Å². The minimum atomic E-state index is -0.171. The van der Waals surface area contributed by atoms with Gasteiger partial charge in [-0.25, -0.2) is 4.39 Å². The Balaban J connectivity index is 1.65. The van der Waals surface area contributed by atoms with Crippen molar-refractivity contribution in [3.05, 3.63) is 53.8 Å². The fourth-order valence-corrected chi connectivity index (χ4v) is 6.81. The van der Waals surface area contributed by atoms with Crippen molar-refractivity contribution in [3.63, 3.8) is 0 Å². The zero-order chi connectivity index (χ0) is 28.4. The predicted molar refractivity (Wildman–Crippen MR) is 172 cm³/mol. The summed E-state index contributed by atoms with van der Waals surface area (Å²) >= 11 is 0. The Hall–Kier alpha value is -1.83. The molecule has 2 aromatic carbocycles. The molecule has 0 radical (unpaired) electrons. The molecule has 1 aliphatic rings. The summed E-state index contributed by atoms with van der Waals surface area (Å²) in [5.41, 5.74) is 2.98. The van der Waals surface area contributed by atoms with Crippen LogP contribution in [0.4, 0.5) is 4.39 Å². The molecule has 1 aliphatic carbocycles. The molecule has 0 aromatic heterocycles. The number of hydrogen-bond donors (Lipinski definition) is 0. The summed E-state index contributed by atoms with van der Waals surface area (Å²) in [6.45, 7) is 6.84. The lowest BCUT2D eigenvalue weighted by Crippen LogP contribution is -2.36. The quantitative estimate of drug-likeness (QED) is 0.149. The third kappa shape index (κ3) is 11.2. The lowest BCUT2D eigenvalue weighted by atomic mass is 9.77. The number of aryl methyl sites for hydroxylation is 1. The van der Waals surface area contributed by atoms with Gasteiger partial charge in [0, 0.05) is 11.6 Å². The first kappa shape index (κ1) is 32.7. The highest BCUT2D eigenvalue weighted by Crippen LogP contribution is 2.37. The molecule has 0 amide bonds. The van der Waals surface area contributed by atoms with Gasteiger partial charge in [-0.05, 0) is 73.6 Å². The van der Waals surface area contributed by atoms with E-state index in [4.69, 9.17) is 4.74 Å². The second-order valence-electron chi connectivity index (χ2n) is 12.6. The number of unbranched alkanes of at least 4 members (excludes halogenated alkanes) is 9. The predicted octanol–water partition coefficient (Wildman–Crippen LogP) is 12.5. The SMILES string of the molecule is CCCCCCCCC(CCC)C(Oc1ccc(-c2ccc(CCCCCCC)cc2)c(F)c1)C1CCCCC1. The molecule has 2 heteroatoms. The highest BCUT2D eigenvalue weighted by atomic mass is 19.1. The van der Waals surface area contributed by atoms with E-state index in [-0.39, 0.29) is 11.9 Å². The Morgan fingerprint density at radius 3 is 2.00 bits per heavy atom. The van der Waals surface area contributed by atoms with Crippen molar-refractivity contribution in [2.24, 2.45) is 11.8 Å². The van der Waals surface area contributed by atoms with Crippen molar-refractivity contribution in [1.29, 1.82) is 0 Å². The molecule has 224 valence electrons. The normalized spacial score (nSPS) is 15.7. The number of ether oxygens (including phenoxy) is 1. The highest BCUT2D eigenvalue weighted by molar-refractivity contribution is 5.65. The maximum Gasteiger partial charge on any atom is 0.134 e. The second-order valence-corrected chi connectivity index (χ2v) is 12.6. The van der Waals surface area contributed by atoms with Crippen molar-refractivity contribution in [3.8, 4) is 16.9 Å². The van der Waals surface area contributed by atoms with Gasteiger partial charge in [0.15, 0.2) is 0 Å². The Morgan fingerprint density at radius 1 is 0.700 bits per heavy atom. The van der Waals surface area contributed by atoms with Gasteiger partial charge in [0.25, 0.3) is 0 Å². The molecule has 3 rings (SSSR count). The molecule has 2 aromatic rings. The van der Waals surface area contributed by atoms with E-state index in [2.05, 4.69) is 45.0 Å². The molecule has 40 heavy (non-hydrogen) atoms. The molecule has 1 nitrogen and oxygen atoms in total. The Kier molecular flexibility index (Phi) is 15.8. The van der Waals surface area contributed by atoms with Crippen molar-refractivity contribution in [2.45, 2.75) is 155 Å². The topological polar surface area (TPSA) is 9.23 Å². The van der Waals surface area contributed by atoms with Crippen LogP contribution in [-0.2, 0) is 6.42 Å². The first-order chi connectivity index (χ1) is 19.7. The monoisotopic (exact) mass is 550 g/mol. The smallest absolute Gasteiger partial charge is 0.134 e. The number of benzene rings is 2. The number of rotatable bonds is 20. The van der Waals surface area contributed by atoms with Crippen LogP contribution in [0.25, 0.3) is 11.1 Å². The minimum absolute atomic E-state index is 0.171. The first-order valence-corrected chi connectivity index (χ1v) is 17.2. The molecule has 0 N–H and O–H groups in total. The van der Waals surface area contributed by atoms with Crippen LogP contribution in [0.1, 0.15) is 148 Å². The van der Waals surface area contributed by atoms with Gasteiger partial charge in [-0.1, -0.05) is 135 Å². The molecule has 1 fully saturated rings. The summed E-state index contributed by atoms with van der Waals surface area (Å²) < 4.78 is 22.3. The summed E-state index contributed by atoms with van der Waals surface area (Å²) in [6, 6.07) is 14.1. The van der Waals surface area contributed by atoms with E-state index in [0.29, 0.717) is 23.1 Å². The third-order valence-electron chi connectivity index (χ3n) is 9.21. The Labute approximate surface area is 246 Å². The lowest BCUT2D eigenvalue weighted by molar-refractivity contribution is 0.0458. The average Bonchev–Trinajstić information content (AvgIpc) is 2.98. The van der Waals surface area contributed by atoms with E-state index in [1.807, 2.05) is 12.1 Å². The minimum Gasteiger partial charge on any atom is -0.490 e. The lowest BCUT2D eigenvalue weighted by Gasteiger charge is -2.36. The molecule has 0 spiro atoms. The van der Waals surface area contributed by atoms with Gasteiger partial charge in [0.1, 0.15) is 17.7 Å². The van der Waals surface area contributed by atoms with E-state index in [9.17, 15) is 0 Å². The summed E-state index contributed by atoms with van der Waals surface area (Å²) in [5.74, 6) is 1.71. The van der Waals surface area contributed by atoms with Gasteiger partial charge >= 0.3 is 0 Å². The third-order valence-corrected chi connectivity index (χ3v) is 9.21. The van der Waals surface area contributed by atoms with Crippen molar-refractivity contribution in [1.82, 2.24) is 0 Å². The Morgan fingerprint density at radius 2 is 1.35 bits per heavy atom. The van der Waals surface area contributed by atoms with Crippen molar-refractivity contribution >= 4 is 0 Å². The molecule has 0 aliphatic heterocycles. The van der Waals surface area contributed by atoms with Gasteiger partial charge in [-0.15, -0.1) is 0 Å². The van der Waals surface area contributed by atoms with Crippen LogP contribution >= 0.6 is 0 Å². The number of hydrogen-bond acceptors (Lipinski definition) is 1. The summed E-state index contributed by atoms with van der Waals surface area (Å²) in [5, 5.41) is 0. The fraction of sp³-hybridized carbons (Fsp3) is 0.684. The van der Waals surface area contributed by atoms with Gasteiger partial charge < -0.3 is 4.74 Å². The van der Waals surface area contributed by atoms with E-state index >= 15 is 4.39 Å². The molecule has 0 heterocycles. The van der Waals surface area contributed by atoms with E-state index < -0.39 is 0 Å². The molecular formula is C38H59FO. The molecular weight excluding hydrogens is 491 g/mol. The highest BCUT2D eigenvalue weighted by Gasteiger charge is 2.32. The van der Waals surface area contributed by atoms with Gasteiger partial charge in [-0.3, -0.25) is 0 Å². The molecule has 2 atom stereocenters. The summed E-state index contributed by atoms with van der Waals surface area (Å²) in [7, 11) is 0. The van der Waals surface area contributed by atoms with E-state index in [1.54, 1.807) is 6.07 Å². The molecule has 0 bridgehead atoms. The average molecular weight is 551 g/mol. The van der Waals surface area contributed by atoms with Crippen LogP contribution in [0, 0.1) is 17.7 Å². The largest absolute Gasteiger partial charge is 0.490 e. The zero-order valence-electron chi connectivity index (χ0n) is 26.2. The van der Waals surface area contributed by atoms with Crippen LogP contribution < -0.4 is 4.74 Å².